The van der Waals surface area contributed by atoms with E-state index in [2.05, 4.69) is 5.32 Å². The normalized spacial score (nSPS) is 16.0. The number of carbonyl (C=O) groups is 2. The van der Waals surface area contributed by atoms with Gasteiger partial charge in [0.05, 0.1) is 12.1 Å². The number of alkyl halides is 3. The predicted molar refractivity (Wildman–Crippen MR) is 83.0 cm³/mol. The van der Waals surface area contributed by atoms with Crippen molar-refractivity contribution in [1.82, 2.24) is 4.90 Å². The fourth-order valence-corrected chi connectivity index (χ4v) is 2.63. The van der Waals surface area contributed by atoms with E-state index >= 15 is 0 Å². The summed E-state index contributed by atoms with van der Waals surface area (Å²) in [4.78, 5) is 25.4. The zero-order valence-corrected chi connectivity index (χ0v) is 13.2. The lowest BCUT2D eigenvalue weighted by atomic mass is 10.1. The van der Waals surface area contributed by atoms with Crippen LogP contribution in [0.15, 0.2) is 18.2 Å². The van der Waals surface area contributed by atoms with Gasteiger partial charge in [-0.15, -0.1) is 0 Å². The van der Waals surface area contributed by atoms with Gasteiger partial charge in [0.1, 0.15) is 0 Å². The maximum atomic E-state index is 12.9. The van der Waals surface area contributed by atoms with Gasteiger partial charge >= 0.3 is 6.18 Å². The third-order valence-electron chi connectivity index (χ3n) is 3.85. The third-order valence-corrected chi connectivity index (χ3v) is 3.85. The predicted octanol–water partition coefficient (Wildman–Crippen LogP) is 2.51. The van der Waals surface area contributed by atoms with E-state index < -0.39 is 17.6 Å². The van der Waals surface area contributed by atoms with Gasteiger partial charge in [0.2, 0.25) is 11.8 Å². The molecule has 2 amide bonds. The Morgan fingerprint density at radius 2 is 1.96 bits per heavy atom. The molecular formula is C16H20F3N3O2. The Morgan fingerprint density at radius 3 is 2.62 bits per heavy atom. The number of nitrogens with two attached hydrogens (primary N) is 1. The number of carbonyl (C=O) groups excluding carboxylic acids is 2. The van der Waals surface area contributed by atoms with Crippen molar-refractivity contribution in [1.29, 1.82) is 0 Å². The quantitative estimate of drug-likeness (QED) is 0.882. The fourth-order valence-electron chi connectivity index (χ4n) is 2.63. The maximum absolute atomic E-state index is 12.9. The summed E-state index contributed by atoms with van der Waals surface area (Å²) in [5.74, 6) is -0.623. The van der Waals surface area contributed by atoms with Crippen LogP contribution in [0.3, 0.4) is 0 Å². The van der Waals surface area contributed by atoms with E-state index in [0.717, 1.165) is 31.4 Å². The molecule has 1 saturated heterocycles. The number of nitrogens with zero attached hydrogens (tertiary/aromatic N) is 1. The van der Waals surface area contributed by atoms with Gasteiger partial charge in [-0.25, -0.2) is 0 Å². The second-order valence-electron chi connectivity index (χ2n) is 5.79. The van der Waals surface area contributed by atoms with E-state index in [1.54, 1.807) is 0 Å². The van der Waals surface area contributed by atoms with Crippen LogP contribution in [0.2, 0.25) is 0 Å². The number of hydrogen-bond acceptors (Lipinski definition) is 3. The molecule has 1 aromatic carbocycles. The highest BCUT2D eigenvalue weighted by Crippen LogP contribution is 2.32. The molecule has 1 fully saturated rings. The molecule has 0 atom stereocenters. The first-order valence-electron chi connectivity index (χ1n) is 7.78. The number of anilines is 1. The van der Waals surface area contributed by atoms with Gasteiger partial charge in [-0.05, 0) is 36.6 Å². The Labute approximate surface area is 138 Å². The molecule has 1 aliphatic rings. The molecule has 0 aromatic heterocycles. The lowest BCUT2D eigenvalue weighted by molar-refractivity contribution is -0.137. The van der Waals surface area contributed by atoms with Gasteiger partial charge < -0.3 is 16.0 Å². The molecule has 1 aliphatic heterocycles. The summed E-state index contributed by atoms with van der Waals surface area (Å²) in [5.41, 5.74) is 4.84. The molecule has 0 bridgehead atoms. The van der Waals surface area contributed by atoms with Crippen molar-refractivity contribution in [2.24, 2.45) is 5.73 Å². The highest BCUT2D eigenvalue weighted by Gasteiger charge is 2.31. The van der Waals surface area contributed by atoms with Gasteiger partial charge in [-0.1, -0.05) is 6.42 Å². The van der Waals surface area contributed by atoms with Crippen LogP contribution < -0.4 is 11.1 Å². The molecule has 2 rings (SSSR count). The first-order valence-corrected chi connectivity index (χ1v) is 7.78. The number of amides is 2. The van der Waals surface area contributed by atoms with Crippen molar-refractivity contribution in [2.45, 2.75) is 38.4 Å². The molecule has 0 aliphatic carbocycles. The number of halogens is 3. The van der Waals surface area contributed by atoms with Crippen LogP contribution >= 0.6 is 0 Å². The Hall–Kier alpha value is -2.09. The zero-order chi connectivity index (χ0) is 17.7. The van der Waals surface area contributed by atoms with Crippen LogP contribution in [0.1, 0.15) is 36.8 Å². The second-order valence-corrected chi connectivity index (χ2v) is 5.79. The van der Waals surface area contributed by atoms with E-state index in [1.165, 1.54) is 11.0 Å². The van der Waals surface area contributed by atoms with Gasteiger partial charge in [0.15, 0.2) is 0 Å². The van der Waals surface area contributed by atoms with Crippen molar-refractivity contribution < 1.29 is 22.8 Å². The molecule has 0 spiro atoms. The second kappa shape index (κ2) is 7.65. The molecule has 24 heavy (non-hydrogen) atoms. The highest BCUT2D eigenvalue weighted by atomic mass is 19.4. The molecule has 8 heteroatoms. The Kier molecular flexibility index (Phi) is 5.82. The van der Waals surface area contributed by atoms with Crippen molar-refractivity contribution in [3.63, 3.8) is 0 Å². The van der Waals surface area contributed by atoms with Crippen LogP contribution in [0, 0.1) is 0 Å². The molecule has 3 N–H and O–H groups in total. The average molecular weight is 343 g/mol. The van der Waals surface area contributed by atoms with Gasteiger partial charge in [0.25, 0.3) is 0 Å². The fraction of sp³-hybridized carbons (Fsp3) is 0.500. The average Bonchev–Trinajstić information content (AvgIpc) is 2.71. The summed E-state index contributed by atoms with van der Waals surface area (Å²) in [6.45, 7) is 0.257. The summed E-state index contributed by atoms with van der Waals surface area (Å²) < 4.78 is 38.7. The van der Waals surface area contributed by atoms with Crippen LogP contribution in [-0.4, -0.2) is 29.8 Å². The van der Waals surface area contributed by atoms with Crippen LogP contribution in [-0.2, 0) is 22.3 Å². The van der Waals surface area contributed by atoms with Crippen LogP contribution in [0.25, 0.3) is 0 Å². The van der Waals surface area contributed by atoms with E-state index in [-0.39, 0.29) is 30.2 Å². The van der Waals surface area contributed by atoms with Crippen molar-refractivity contribution in [2.75, 3.05) is 18.4 Å². The first-order chi connectivity index (χ1) is 11.3. The zero-order valence-electron chi connectivity index (χ0n) is 13.2. The molecule has 1 aromatic rings. The van der Waals surface area contributed by atoms with Gasteiger partial charge in [0, 0.05) is 25.2 Å². The van der Waals surface area contributed by atoms with Crippen molar-refractivity contribution in [3.05, 3.63) is 29.3 Å². The minimum absolute atomic E-state index is 0.0255. The standard InChI is InChI=1S/C16H20F3N3O2/c17-16(18,19)12-6-11(9-20)7-13(8-12)21-14(23)10-22-5-3-1-2-4-15(22)24/h6-8H,1-5,9-10,20H2,(H,21,23). The lowest BCUT2D eigenvalue weighted by Crippen LogP contribution is -2.37. The molecule has 0 radical (unpaired) electrons. The van der Waals surface area contributed by atoms with Crippen LogP contribution in [0.4, 0.5) is 18.9 Å². The SMILES string of the molecule is NCc1cc(NC(=O)CN2CCCCCC2=O)cc(C(F)(F)F)c1. The third kappa shape index (κ3) is 4.95. The number of likely N-dealkylation sites (tertiary alicyclic amines) is 1. The summed E-state index contributed by atoms with van der Waals surface area (Å²) in [5, 5.41) is 2.43. The summed E-state index contributed by atoms with van der Waals surface area (Å²) in [6, 6.07) is 3.21. The summed E-state index contributed by atoms with van der Waals surface area (Å²) in [6.07, 6.45) is -1.58. The van der Waals surface area contributed by atoms with Gasteiger partial charge in [-0.2, -0.15) is 13.2 Å². The molecule has 0 saturated carbocycles. The lowest BCUT2D eigenvalue weighted by Gasteiger charge is -2.20. The number of rotatable bonds is 4. The first kappa shape index (κ1) is 18.3. The number of benzene rings is 1. The van der Waals surface area contributed by atoms with Gasteiger partial charge in [-0.3, -0.25) is 9.59 Å². The summed E-state index contributed by atoms with van der Waals surface area (Å²) >= 11 is 0. The molecule has 5 nitrogen and oxygen atoms in total. The van der Waals surface area contributed by atoms with E-state index in [0.29, 0.717) is 13.0 Å². The molecular weight excluding hydrogens is 323 g/mol. The smallest absolute Gasteiger partial charge is 0.333 e. The number of hydrogen-bond donors (Lipinski definition) is 2. The molecule has 132 valence electrons. The van der Waals surface area contributed by atoms with Crippen LogP contribution in [0.5, 0.6) is 0 Å². The van der Waals surface area contributed by atoms with E-state index in [1.807, 2.05) is 0 Å². The largest absolute Gasteiger partial charge is 0.416 e. The summed E-state index contributed by atoms with van der Waals surface area (Å²) in [7, 11) is 0. The monoisotopic (exact) mass is 343 g/mol. The Morgan fingerprint density at radius 1 is 1.21 bits per heavy atom. The topological polar surface area (TPSA) is 75.4 Å². The Balaban J connectivity index is 2.09. The minimum Gasteiger partial charge on any atom is -0.333 e. The van der Waals surface area contributed by atoms with Crippen molar-refractivity contribution in [3.8, 4) is 0 Å². The van der Waals surface area contributed by atoms with E-state index in [9.17, 15) is 22.8 Å². The molecule has 1 heterocycles. The van der Waals surface area contributed by atoms with E-state index in [4.69, 9.17) is 5.73 Å². The minimum atomic E-state index is -4.52. The highest BCUT2D eigenvalue weighted by molar-refractivity contribution is 5.94. The Bertz CT molecular complexity index is 617. The molecule has 0 unspecified atom stereocenters. The van der Waals surface area contributed by atoms with Crippen molar-refractivity contribution >= 4 is 17.5 Å². The maximum Gasteiger partial charge on any atom is 0.416 e. The number of nitrogens with one attached hydrogen (secondary N) is 1.